The summed E-state index contributed by atoms with van der Waals surface area (Å²) in [5.74, 6) is -0.191. The average molecular weight is 322 g/mol. The predicted octanol–water partition coefficient (Wildman–Crippen LogP) is 4.75. The standard InChI is InChI=1S/C16H17BrFN/c1-11-6-7-13(8-16(11)17)10-19-12(2)14-4-3-5-15(18)9-14/h3-9,12,19H,10H2,1-2H3. The van der Waals surface area contributed by atoms with Gasteiger partial charge in [-0.3, -0.25) is 0 Å². The van der Waals surface area contributed by atoms with Crippen LogP contribution in [0.2, 0.25) is 0 Å². The molecule has 1 atom stereocenters. The fourth-order valence-corrected chi connectivity index (χ4v) is 2.34. The van der Waals surface area contributed by atoms with Crippen LogP contribution in [0.5, 0.6) is 0 Å². The van der Waals surface area contributed by atoms with E-state index >= 15 is 0 Å². The minimum atomic E-state index is -0.191. The minimum absolute atomic E-state index is 0.121. The summed E-state index contributed by atoms with van der Waals surface area (Å²) >= 11 is 3.53. The second kappa shape index (κ2) is 6.31. The molecule has 2 rings (SSSR count). The summed E-state index contributed by atoms with van der Waals surface area (Å²) in [6, 6.07) is 13.1. The molecule has 0 saturated carbocycles. The Morgan fingerprint density at radius 2 is 2.00 bits per heavy atom. The third kappa shape index (κ3) is 3.88. The molecule has 0 aromatic heterocycles. The lowest BCUT2D eigenvalue weighted by Gasteiger charge is -2.15. The summed E-state index contributed by atoms with van der Waals surface area (Å²) in [6.45, 7) is 4.87. The molecule has 0 aliphatic heterocycles. The van der Waals surface area contributed by atoms with Crippen LogP contribution < -0.4 is 5.32 Å². The summed E-state index contributed by atoms with van der Waals surface area (Å²) < 4.78 is 14.3. The summed E-state index contributed by atoms with van der Waals surface area (Å²) in [6.07, 6.45) is 0. The van der Waals surface area contributed by atoms with Crippen LogP contribution in [0.3, 0.4) is 0 Å². The van der Waals surface area contributed by atoms with Crippen LogP contribution in [-0.2, 0) is 6.54 Å². The number of aryl methyl sites for hydroxylation is 1. The molecule has 1 N–H and O–H groups in total. The summed E-state index contributed by atoms with van der Waals surface area (Å²) in [4.78, 5) is 0. The van der Waals surface area contributed by atoms with E-state index in [9.17, 15) is 4.39 Å². The fraction of sp³-hybridized carbons (Fsp3) is 0.250. The average Bonchev–Trinajstić information content (AvgIpc) is 2.40. The number of rotatable bonds is 4. The predicted molar refractivity (Wildman–Crippen MR) is 80.5 cm³/mol. The molecule has 0 heterocycles. The first-order valence-corrected chi connectivity index (χ1v) is 7.09. The largest absolute Gasteiger partial charge is 0.306 e. The van der Waals surface area contributed by atoms with Crippen LogP contribution in [0.1, 0.15) is 29.7 Å². The molecule has 2 aromatic carbocycles. The minimum Gasteiger partial charge on any atom is -0.306 e. The molecule has 0 saturated heterocycles. The van der Waals surface area contributed by atoms with Gasteiger partial charge in [-0.25, -0.2) is 4.39 Å². The van der Waals surface area contributed by atoms with Gasteiger partial charge in [0.25, 0.3) is 0 Å². The Hall–Kier alpha value is -1.19. The molecule has 3 heteroatoms. The number of benzene rings is 2. The molecule has 0 aliphatic carbocycles. The van der Waals surface area contributed by atoms with Crippen LogP contribution in [0, 0.1) is 12.7 Å². The molecule has 100 valence electrons. The van der Waals surface area contributed by atoms with Crippen molar-refractivity contribution in [2.24, 2.45) is 0 Å². The van der Waals surface area contributed by atoms with E-state index < -0.39 is 0 Å². The molecular weight excluding hydrogens is 305 g/mol. The first-order chi connectivity index (χ1) is 9.06. The highest BCUT2D eigenvalue weighted by Crippen LogP contribution is 2.19. The molecule has 0 radical (unpaired) electrons. The van der Waals surface area contributed by atoms with E-state index in [1.165, 1.54) is 17.2 Å². The van der Waals surface area contributed by atoms with Gasteiger partial charge in [0.15, 0.2) is 0 Å². The molecule has 0 spiro atoms. The lowest BCUT2D eigenvalue weighted by atomic mass is 10.1. The zero-order chi connectivity index (χ0) is 13.8. The quantitative estimate of drug-likeness (QED) is 0.857. The van der Waals surface area contributed by atoms with Gasteiger partial charge in [0, 0.05) is 17.1 Å². The highest BCUT2D eigenvalue weighted by Gasteiger charge is 2.06. The topological polar surface area (TPSA) is 12.0 Å². The number of nitrogens with one attached hydrogen (secondary N) is 1. The van der Waals surface area contributed by atoms with E-state index in [4.69, 9.17) is 0 Å². The van der Waals surface area contributed by atoms with Gasteiger partial charge in [0.05, 0.1) is 0 Å². The second-order valence-corrected chi connectivity index (χ2v) is 5.60. The summed E-state index contributed by atoms with van der Waals surface area (Å²) in [5.41, 5.74) is 3.40. The Kier molecular flexibility index (Phi) is 4.72. The maximum atomic E-state index is 13.2. The number of hydrogen-bond donors (Lipinski definition) is 1. The summed E-state index contributed by atoms with van der Waals surface area (Å²) in [7, 11) is 0. The Bertz CT molecular complexity index is 568. The fourth-order valence-electron chi connectivity index (χ4n) is 1.91. The monoisotopic (exact) mass is 321 g/mol. The maximum absolute atomic E-state index is 13.2. The van der Waals surface area contributed by atoms with Crippen molar-refractivity contribution < 1.29 is 4.39 Å². The number of halogens is 2. The van der Waals surface area contributed by atoms with Gasteiger partial charge < -0.3 is 5.32 Å². The van der Waals surface area contributed by atoms with Crippen LogP contribution in [0.25, 0.3) is 0 Å². The van der Waals surface area contributed by atoms with Gasteiger partial charge >= 0.3 is 0 Å². The van der Waals surface area contributed by atoms with Crippen molar-refractivity contribution in [3.63, 3.8) is 0 Å². The van der Waals surface area contributed by atoms with Crippen molar-refractivity contribution in [3.05, 3.63) is 69.4 Å². The van der Waals surface area contributed by atoms with E-state index in [-0.39, 0.29) is 11.9 Å². The van der Waals surface area contributed by atoms with E-state index in [0.29, 0.717) is 0 Å². The maximum Gasteiger partial charge on any atom is 0.123 e. The lowest BCUT2D eigenvalue weighted by molar-refractivity contribution is 0.565. The van der Waals surface area contributed by atoms with Crippen molar-refractivity contribution in [2.45, 2.75) is 26.4 Å². The second-order valence-electron chi connectivity index (χ2n) is 4.74. The van der Waals surface area contributed by atoms with Crippen LogP contribution in [0.4, 0.5) is 4.39 Å². The van der Waals surface area contributed by atoms with Gasteiger partial charge in [-0.1, -0.05) is 40.2 Å². The Balaban J connectivity index is 2.00. The zero-order valence-corrected chi connectivity index (χ0v) is 12.7. The molecule has 0 bridgehead atoms. The van der Waals surface area contributed by atoms with Gasteiger partial charge in [0.2, 0.25) is 0 Å². The third-order valence-electron chi connectivity index (χ3n) is 3.20. The van der Waals surface area contributed by atoms with Crippen molar-refractivity contribution in [3.8, 4) is 0 Å². The molecule has 0 amide bonds. The molecule has 19 heavy (non-hydrogen) atoms. The van der Waals surface area contributed by atoms with Gasteiger partial charge in [-0.15, -0.1) is 0 Å². The highest BCUT2D eigenvalue weighted by molar-refractivity contribution is 9.10. The molecular formula is C16H17BrFN. The normalized spacial score (nSPS) is 12.4. The molecule has 2 aromatic rings. The number of hydrogen-bond acceptors (Lipinski definition) is 1. The van der Waals surface area contributed by atoms with E-state index in [0.717, 1.165) is 16.6 Å². The highest BCUT2D eigenvalue weighted by atomic mass is 79.9. The molecule has 0 aliphatic rings. The van der Waals surface area contributed by atoms with Crippen LogP contribution in [-0.4, -0.2) is 0 Å². The van der Waals surface area contributed by atoms with Crippen LogP contribution >= 0.6 is 15.9 Å². The first kappa shape index (κ1) is 14.2. The Morgan fingerprint density at radius 3 is 2.68 bits per heavy atom. The van der Waals surface area contributed by atoms with E-state index in [1.54, 1.807) is 12.1 Å². The molecule has 1 unspecified atom stereocenters. The SMILES string of the molecule is Cc1ccc(CNC(C)c2cccc(F)c2)cc1Br. The van der Waals surface area contributed by atoms with E-state index in [1.807, 2.05) is 13.0 Å². The van der Waals surface area contributed by atoms with Gasteiger partial charge in [-0.05, 0) is 48.7 Å². The molecule has 0 fully saturated rings. The van der Waals surface area contributed by atoms with Crippen molar-refractivity contribution in [1.82, 2.24) is 5.32 Å². The van der Waals surface area contributed by atoms with Crippen molar-refractivity contribution in [2.75, 3.05) is 0 Å². The Labute approximate surface area is 122 Å². The van der Waals surface area contributed by atoms with E-state index in [2.05, 4.69) is 46.4 Å². The van der Waals surface area contributed by atoms with Crippen molar-refractivity contribution in [1.29, 1.82) is 0 Å². The zero-order valence-electron chi connectivity index (χ0n) is 11.1. The van der Waals surface area contributed by atoms with Crippen LogP contribution in [0.15, 0.2) is 46.9 Å². The van der Waals surface area contributed by atoms with Gasteiger partial charge in [-0.2, -0.15) is 0 Å². The van der Waals surface area contributed by atoms with Gasteiger partial charge in [0.1, 0.15) is 5.82 Å². The molecule has 1 nitrogen and oxygen atoms in total. The van der Waals surface area contributed by atoms with Crippen molar-refractivity contribution >= 4 is 15.9 Å². The third-order valence-corrected chi connectivity index (χ3v) is 4.05. The first-order valence-electron chi connectivity index (χ1n) is 6.30. The lowest BCUT2D eigenvalue weighted by Crippen LogP contribution is -2.18. The smallest absolute Gasteiger partial charge is 0.123 e. The summed E-state index contributed by atoms with van der Waals surface area (Å²) in [5, 5.41) is 3.40. The Morgan fingerprint density at radius 1 is 1.21 bits per heavy atom.